The molecule has 0 spiro atoms. The first-order chi connectivity index (χ1) is 5.20. The van der Waals surface area contributed by atoms with E-state index in [1.54, 1.807) is 0 Å². The normalized spacial score (nSPS) is 7.91. The van der Waals surface area contributed by atoms with Gasteiger partial charge in [-0.05, 0) is 52.4 Å². The molecule has 0 N–H and O–H groups in total. The van der Waals surface area contributed by atoms with Gasteiger partial charge in [0.05, 0.1) is 0 Å². The fourth-order valence-corrected chi connectivity index (χ4v) is 1.38. The van der Waals surface area contributed by atoms with Crippen LogP contribution < -0.4 is 0 Å². The van der Waals surface area contributed by atoms with Gasteiger partial charge in [-0.25, -0.2) is 0 Å². The molecule has 0 bridgehead atoms. The molecule has 0 aliphatic heterocycles. The Morgan fingerprint density at radius 3 is 2.27 bits per heavy atom. The van der Waals surface area contributed by atoms with Crippen molar-refractivity contribution in [3.63, 3.8) is 0 Å². The van der Waals surface area contributed by atoms with Crippen LogP contribution in [-0.2, 0) is 4.79 Å². The maximum Gasteiger partial charge on any atom is 0.208 e. The molecule has 0 aliphatic rings. The third-order valence-corrected chi connectivity index (χ3v) is 1.69. The van der Waals surface area contributed by atoms with Crippen molar-refractivity contribution < 1.29 is 4.79 Å². The van der Waals surface area contributed by atoms with E-state index >= 15 is 0 Å². The van der Waals surface area contributed by atoms with Crippen molar-refractivity contribution in [3.8, 4) is 0 Å². The average molecular weight is 303 g/mol. The van der Waals surface area contributed by atoms with E-state index in [4.69, 9.17) is 16.4 Å². The number of hydrogen-bond acceptors (Lipinski definition) is 1. The van der Waals surface area contributed by atoms with Crippen molar-refractivity contribution in [1.82, 2.24) is 0 Å². The van der Waals surface area contributed by atoms with Gasteiger partial charge in [0.2, 0.25) is 5.75 Å². The lowest BCUT2D eigenvalue weighted by atomic mass is 10.4. The molecular formula is C7H5Cl2IO. The predicted molar refractivity (Wildman–Crippen MR) is 56.8 cm³/mol. The average Bonchev–Trinajstić information content (AvgIpc) is 1.88. The van der Waals surface area contributed by atoms with Crippen LogP contribution in [0.1, 0.15) is 0 Å². The third kappa shape index (κ3) is 6.59. The highest BCUT2D eigenvalue weighted by Gasteiger charge is 1.84. The first-order valence-corrected chi connectivity index (χ1v) is 4.55. The fourth-order valence-electron chi connectivity index (χ4n) is 0.460. The number of carbonyl (C=O) groups is 1. The van der Waals surface area contributed by atoms with E-state index in [1.807, 2.05) is 24.3 Å². The van der Waals surface area contributed by atoms with Crippen LogP contribution in [-0.4, -0.2) is 5.75 Å². The lowest BCUT2D eigenvalue weighted by molar-refractivity contribution is 0.569. The highest BCUT2D eigenvalue weighted by Crippen LogP contribution is 2.11. The van der Waals surface area contributed by atoms with Crippen LogP contribution in [0.15, 0.2) is 24.3 Å². The molecule has 0 atom stereocenters. The quantitative estimate of drug-likeness (QED) is 0.408. The van der Waals surface area contributed by atoms with Crippen molar-refractivity contribution in [1.29, 1.82) is 0 Å². The minimum absolute atomic E-state index is 0.222. The van der Waals surface area contributed by atoms with Crippen molar-refractivity contribution >= 4 is 51.5 Å². The topological polar surface area (TPSA) is 17.1 Å². The van der Waals surface area contributed by atoms with Gasteiger partial charge < -0.3 is 0 Å². The molecule has 4 heteroatoms. The lowest BCUT2D eigenvalue weighted by Gasteiger charge is -1.87. The van der Waals surface area contributed by atoms with Gasteiger partial charge in [-0.15, -0.1) is 0 Å². The number of benzene rings is 1. The summed E-state index contributed by atoms with van der Waals surface area (Å²) in [6, 6.07) is 7.72. The summed E-state index contributed by atoms with van der Waals surface area (Å²) in [5, 5.41) is 0.803. The molecule has 0 heterocycles. The van der Waals surface area contributed by atoms with Gasteiger partial charge in [-0.1, -0.05) is 17.7 Å². The zero-order chi connectivity index (χ0) is 8.69. The molecule has 1 aromatic carbocycles. The Bertz CT molecular complexity index is 210. The Balaban J connectivity index is 0.000000292. The van der Waals surface area contributed by atoms with E-state index in [9.17, 15) is 0 Å². The Kier molecular flexibility index (Phi) is 7.01. The second-order valence-electron chi connectivity index (χ2n) is 1.53. The molecular weight excluding hydrogens is 298 g/mol. The molecule has 0 unspecified atom stereocenters. The van der Waals surface area contributed by atoms with Crippen molar-refractivity contribution in [2.75, 3.05) is 0 Å². The van der Waals surface area contributed by atoms with E-state index in [0.717, 1.165) is 5.02 Å². The third-order valence-electron chi connectivity index (χ3n) is 0.787. The summed E-state index contributed by atoms with van der Waals surface area (Å²) in [5.41, 5.74) is 0. The number of hydrogen-bond donors (Lipinski definition) is 0. The summed E-state index contributed by atoms with van der Waals surface area (Å²) < 4.78 is 1.18. The number of halogens is 3. The first kappa shape index (κ1) is 11.2. The highest BCUT2D eigenvalue weighted by atomic mass is 127. The van der Waals surface area contributed by atoms with Crippen molar-refractivity contribution in [3.05, 3.63) is 32.9 Å². The molecule has 0 aliphatic carbocycles. The van der Waals surface area contributed by atoms with Crippen LogP contribution in [0.25, 0.3) is 0 Å². The van der Waals surface area contributed by atoms with Crippen LogP contribution in [0, 0.1) is 3.57 Å². The summed E-state index contributed by atoms with van der Waals surface area (Å²) >= 11 is 12.2. The number of carbonyl (C=O) groups excluding carboxylic acids is 1. The maximum absolute atomic E-state index is 8.57. The van der Waals surface area contributed by atoms with Gasteiger partial charge >= 0.3 is 0 Å². The maximum atomic E-state index is 8.57. The number of rotatable bonds is 0. The summed E-state index contributed by atoms with van der Waals surface area (Å²) in [4.78, 5) is 8.57. The van der Waals surface area contributed by atoms with Gasteiger partial charge in [0.25, 0.3) is 0 Å². The molecule has 0 fully saturated rings. The fraction of sp³-hybridized carbons (Fsp3) is 0. The molecule has 0 saturated heterocycles. The van der Waals surface area contributed by atoms with Gasteiger partial charge in [0.1, 0.15) is 0 Å². The summed E-state index contributed by atoms with van der Waals surface area (Å²) in [6.07, 6.45) is 0. The minimum Gasteiger partial charge on any atom is -0.285 e. The van der Waals surface area contributed by atoms with Crippen molar-refractivity contribution in [2.45, 2.75) is 0 Å². The van der Waals surface area contributed by atoms with Crippen LogP contribution in [0.4, 0.5) is 0 Å². The Morgan fingerprint density at radius 1 is 1.45 bits per heavy atom. The van der Waals surface area contributed by atoms with E-state index < -0.39 is 0 Å². The summed E-state index contributed by atoms with van der Waals surface area (Å²) in [7, 11) is 0. The van der Waals surface area contributed by atoms with Gasteiger partial charge in [0.15, 0.2) is 0 Å². The van der Waals surface area contributed by atoms with E-state index in [2.05, 4.69) is 34.2 Å². The molecule has 60 valence electrons. The van der Waals surface area contributed by atoms with Crippen molar-refractivity contribution in [2.24, 2.45) is 0 Å². The molecule has 1 rings (SSSR count). The van der Waals surface area contributed by atoms with E-state index in [-0.39, 0.29) is 5.75 Å². The second kappa shape index (κ2) is 6.88. The smallest absolute Gasteiger partial charge is 0.208 e. The van der Waals surface area contributed by atoms with Crippen LogP contribution in [0.2, 0.25) is 5.02 Å². The van der Waals surface area contributed by atoms with Crippen LogP contribution >= 0.6 is 45.8 Å². The standard InChI is InChI=1S/C6H4ClI.CHClO/c7-5-2-1-3-6(8)4-5;2-1-3/h1-4H;1H. The Labute approximate surface area is 88.8 Å². The molecule has 0 saturated carbocycles. The zero-order valence-corrected chi connectivity index (χ0v) is 9.10. The first-order valence-electron chi connectivity index (χ1n) is 2.65. The summed E-state index contributed by atoms with van der Waals surface area (Å²) in [6.45, 7) is 0. The van der Waals surface area contributed by atoms with E-state index in [0.29, 0.717) is 0 Å². The van der Waals surface area contributed by atoms with Gasteiger partial charge in [0, 0.05) is 8.59 Å². The predicted octanol–water partition coefficient (Wildman–Crippen LogP) is 3.36. The second-order valence-corrected chi connectivity index (χ2v) is 3.39. The molecule has 0 aromatic heterocycles. The minimum atomic E-state index is 0.222. The van der Waals surface area contributed by atoms with Crippen LogP contribution in [0.3, 0.4) is 0 Å². The lowest BCUT2D eigenvalue weighted by Crippen LogP contribution is -1.65. The molecule has 11 heavy (non-hydrogen) atoms. The zero-order valence-electron chi connectivity index (χ0n) is 5.43. The van der Waals surface area contributed by atoms with E-state index in [1.165, 1.54) is 3.57 Å². The Hall–Kier alpha value is 0.200. The molecule has 1 nitrogen and oxygen atoms in total. The molecule has 0 radical (unpaired) electrons. The Morgan fingerprint density at radius 2 is 2.00 bits per heavy atom. The molecule has 0 amide bonds. The monoisotopic (exact) mass is 302 g/mol. The highest BCUT2D eigenvalue weighted by molar-refractivity contribution is 14.1. The molecule has 1 aromatic rings. The van der Waals surface area contributed by atoms with Gasteiger partial charge in [-0.2, -0.15) is 0 Å². The van der Waals surface area contributed by atoms with Gasteiger partial charge in [-0.3, -0.25) is 4.79 Å². The summed E-state index contributed by atoms with van der Waals surface area (Å²) in [5.74, 6) is 0.222. The van der Waals surface area contributed by atoms with Crippen LogP contribution in [0.5, 0.6) is 0 Å². The SMILES string of the molecule is Clc1cccc(I)c1.O=CCl. The largest absolute Gasteiger partial charge is 0.285 e.